The van der Waals surface area contributed by atoms with Crippen molar-refractivity contribution in [1.82, 2.24) is 0 Å². The first kappa shape index (κ1) is 18.6. The first-order valence-corrected chi connectivity index (χ1v) is 8.69. The van der Waals surface area contributed by atoms with Crippen molar-refractivity contribution in [3.63, 3.8) is 0 Å². The second-order valence-corrected chi connectivity index (χ2v) is 7.53. The van der Waals surface area contributed by atoms with Crippen molar-refractivity contribution in [3.8, 4) is 0 Å². The Morgan fingerprint density at radius 3 is 1.94 bits per heavy atom. The van der Waals surface area contributed by atoms with Gasteiger partial charge in [0.05, 0.1) is 0 Å². The Balaban J connectivity index is 0. The number of methoxy groups -OCH3 is 1. The quantitative estimate of drug-likeness (QED) is 0.520. The van der Waals surface area contributed by atoms with Gasteiger partial charge in [-0.05, 0) is 32.5 Å². The van der Waals surface area contributed by atoms with E-state index in [0.29, 0.717) is 0 Å². The molecular weight excluding hydrogens is 242 g/mol. The van der Waals surface area contributed by atoms with Crippen LogP contribution in [0.25, 0.3) is 0 Å². The Kier molecular flexibility index (Phi) is 13.6. The SMILES string of the molecule is COC(C)O[SiH3].CO[Si](C)(CCCN)OC. The molecule has 1 atom stereocenters. The summed E-state index contributed by atoms with van der Waals surface area (Å²) >= 11 is 0. The molecule has 0 fully saturated rings. The Labute approximate surface area is 103 Å². The molecule has 0 saturated carbocycles. The van der Waals surface area contributed by atoms with Crippen LogP contribution < -0.4 is 5.73 Å². The molecule has 0 bridgehead atoms. The molecule has 0 aliphatic carbocycles. The first-order chi connectivity index (χ1) is 7.49. The molecule has 0 saturated heterocycles. The number of ether oxygens (including phenoxy) is 1. The van der Waals surface area contributed by atoms with Crippen molar-refractivity contribution in [1.29, 1.82) is 0 Å². The van der Waals surface area contributed by atoms with Crippen LogP contribution in [0.4, 0.5) is 0 Å². The fourth-order valence-corrected chi connectivity index (χ4v) is 2.42. The third-order valence-corrected chi connectivity index (χ3v) is 6.02. The van der Waals surface area contributed by atoms with Crippen molar-refractivity contribution in [2.24, 2.45) is 5.73 Å². The maximum absolute atomic E-state index is 5.36. The maximum Gasteiger partial charge on any atom is 0.334 e. The monoisotopic (exact) mass is 269 g/mol. The number of rotatable bonds is 7. The van der Waals surface area contributed by atoms with E-state index in [9.17, 15) is 0 Å². The molecule has 0 aromatic rings. The Morgan fingerprint density at radius 1 is 1.25 bits per heavy atom. The summed E-state index contributed by atoms with van der Waals surface area (Å²) < 4.78 is 20.0. The van der Waals surface area contributed by atoms with E-state index in [1.54, 1.807) is 21.3 Å². The van der Waals surface area contributed by atoms with Gasteiger partial charge in [0.2, 0.25) is 0 Å². The molecule has 2 N–H and O–H groups in total. The van der Waals surface area contributed by atoms with Gasteiger partial charge in [-0.15, -0.1) is 0 Å². The zero-order valence-corrected chi connectivity index (χ0v) is 14.4. The van der Waals surface area contributed by atoms with Gasteiger partial charge in [0.25, 0.3) is 0 Å². The zero-order chi connectivity index (χ0) is 13.0. The fraction of sp³-hybridized carbons (Fsp3) is 1.00. The zero-order valence-electron chi connectivity index (χ0n) is 11.4. The molecule has 0 heterocycles. The minimum absolute atomic E-state index is 0.00309. The van der Waals surface area contributed by atoms with Gasteiger partial charge in [0.1, 0.15) is 16.8 Å². The average Bonchev–Trinajstić information content (AvgIpc) is 2.35. The Hall–Kier alpha value is 0.234. The number of nitrogens with two attached hydrogens (primary N) is 1. The van der Waals surface area contributed by atoms with Crippen LogP contribution in [0.15, 0.2) is 0 Å². The summed E-state index contributed by atoms with van der Waals surface area (Å²) in [4.78, 5) is 0. The topological polar surface area (TPSA) is 62.9 Å². The fourth-order valence-electron chi connectivity index (χ4n) is 0.807. The molecule has 0 radical (unpaired) electrons. The van der Waals surface area contributed by atoms with Crippen LogP contribution >= 0.6 is 0 Å². The highest BCUT2D eigenvalue weighted by Gasteiger charge is 2.27. The van der Waals surface area contributed by atoms with Crippen LogP contribution in [0, 0.1) is 0 Å². The van der Waals surface area contributed by atoms with Crippen molar-refractivity contribution in [3.05, 3.63) is 0 Å². The van der Waals surface area contributed by atoms with Gasteiger partial charge in [0, 0.05) is 21.3 Å². The van der Waals surface area contributed by atoms with Crippen molar-refractivity contribution in [2.75, 3.05) is 27.9 Å². The summed E-state index contributed by atoms with van der Waals surface area (Å²) in [6, 6.07) is 0.983. The van der Waals surface area contributed by atoms with Gasteiger partial charge in [-0.2, -0.15) is 0 Å². The molecule has 0 aromatic carbocycles. The average molecular weight is 269 g/mol. The van der Waals surface area contributed by atoms with Crippen LogP contribution in [0.5, 0.6) is 0 Å². The molecule has 0 rings (SSSR count). The molecule has 0 spiro atoms. The molecule has 100 valence electrons. The highest BCUT2D eigenvalue weighted by atomic mass is 28.4. The molecule has 1 unspecified atom stereocenters. The van der Waals surface area contributed by atoms with E-state index < -0.39 is 8.56 Å². The van der Waals surface area contributed by atoms with Crippen molar-refractivity contribution >= 4 is 19.0 Å². The van der Waals surface area contributed by atoms with Crippen molar-refractivity contribution in [2.45, 2.75) is 32.2 Å². The summed E-state index contributed by atoms with van der Waals surface area (Å²) in [6.45, 7) is 4.63. The van der Waals surface area contributed by atoms with Gasteiger partial charge >= 0.3 is 8.56 Å². The normalized spacial score (nSPS) is 13.1. The lowest BCUT2D eigenvalue weighted by Crippen LogP contribution is -2.36. The number of hydrogen-bond acceptors (Lipinski definition) is 5. The van der Waals surface area contributed by atoms with Gasteiger partial charge in [-0.1, -0.05) is 0 Å². The molecule has 16 heavy (non-hydrogen) atoms. The summed E-state index contributed by atoms with van der Waals surface area (Å²) in [5, 5.41) is 0. The number of hydrogen-bond donors (Lipinski definition) is 1. The summed E-state index contributed by atoms with van der Waals surface area (Å²) in [6.07, 6.45) is 0.987. The molecule has 5 nitrogen and oxygen atoms in total. The van der Waals surface area contributed by atoms with Crippen molar-refractivity contribution < 1.29 is 18.0 Å². The largest absolute Gasteiger partial charge is 0.404 e. The molecule has 0 amide bonds. The van der Waals surface area contributed by atoms with E-state index in [2.05, 4.69) is 0 Å². The standard InChI is InChI=1S/C6H17NO2Si.C3H10O2Si/c1-8-10(3,9-2)6-4-5-7;1-3(4-2)5-6/h4-7H2,1-3H3;3H,1-2,6H3. The summed E-state index contributed by atoms with van der Waals surface area (Å²) in [5.74, 6) is 0. The van der Waals surface area contributed by atoms with Crippen LogP contribution in [-0.4, -0.2) is 53.2 Å². The molecule has 0 aromatic heterocycles. The lowest BCUT2D eigenvalue weighted by molar-refractivity contribution is -0.0334. The van der Waals surface area contributed by atoms with E-state index in [1.807, 2.05) is 13.5 Å². The highest BCUT2D eigenvalue weighted by molar-refractivity contribution is 6.65. The predicted molar refractivity (Wildman–Crippen MR) is 71.6 cm³/mol. The second-order valence-electron chi connectivity index (χ2n) is 3.47. The maximum atomic E-state index is 5.36. The third kappa shape index (κ3) is 10.7. The van der Waals surface area contributed by atoms with E-state index in [-0.39, 0.29) is 6.29 Å². The van der Waals surface area contributed by atoms with Crippen LogP contribution in [0.3, 0.4) is 0 Å². The molecule has 7 heteroatoms. The molecule has 0 aliphatic rings. The summed E-state index contributed by atoms with van der Waals surface area (Å²) in [7, 11) is 3.99. The van der Waals surface area contributed by atoms with Gasteiger partial charge in [0.15, 0.2) is 0 Å². The first-order valence-electron chi connectivity index (χ1n) is 5.35. The highest BCUT2D eigenvalue weighted by Crippen LogP contribution is 2.12. The van der Waals surface area contributed by atoms with Crippen LogP contribution in [-0.2, 0) is 18.0 Å². The van der Waals surface area contributed by atoms with Gasteiger partial charge < -0.3 is 23.7 Å². The lowest BCUT2D eigenvalue weighted by atomic mass is 10.5. The minimum atomic E-state index is -1.80. The minimum Gasteiger partial charge on any atom is -0.404 e. The van der Waals surface area contributed by atoms with Gasteiger partial charge in [-0.3, -0.25) is 0 Å². The van der Waals surface area contributed by atoms with E-state index in [0.717, 1.165) is 29.5 Å². The van der Waals surface area contributed by atoms with Crippen LogP contribution in [0.2, 0.25) is 12.6 Å². The molecule has 0 aliphatic heterocycles. The third-order valence-electron chi connectivity index (χ3n) is 2.36. The lowest BCUT2D eigenvalue weighted by Gasteiger charge is -2.21. The van der Waals surface area contributed by atoms with E-state index >= 15 is 0 Å². The van der Waals surface area contributed by atoms with E-state index in [4.69, 9.17) is 23.7 Å². The summed E-state index contributed by atoms with van der Waals surface area (Å²) in [5.41, 5.74) is 5.36. The van der Waals surface area contributed by atoms with Gasteiger partial charge in [-0.25, -0.2) is 0 Å². The smallest absolute Gasteiger partial charge is 0.334 e. The molecular formula is C9H27NO4Si2. The predicted octanol–water partition coefficient (Wildman–Crippen LogP) is -0.0242. The second kappa shape index (κ2) is 11.7. The Bertz CT molecular complexity index is 143. The van der Waals surface area contributed by atoms with Crippen LogP contribution in [0.1, 0.15) is 13.3 Å². The van der Waals surface area contributed by atoms with E-state index in [1.165, 1.54) is 0 Å². The Morgan fingerprint density at radius 2 is 1.75 bits per heavy atom.